The van der Waals surface area contributed by atoms with Crippen molar-refractivity contribution in [3.63, 3.8) is 0 Å². The zero-order chi connectivity index (χ0) is 17.2. The Morgan fingerprint density at radius 1 is 0.920 bits per heavy atom. The number of aromatic nitrogens is 2. The number of para-hydroxylation sites is 2. The molecule has 0 radical (unpaired) electrons. The molecule has 3 nitrogen and oxygen atoms in total. The van der Waals surface area contributed by atoms with Gasteiger partial charge in [-0.15, -0.1) is 0 Å². The smallest absolute Gasteiger partial charge is 0.141 e. The molecule has 0 aliphatic heterocycles. The first-order valence-corrected chi connectivity index (χ1v) is 7.95. The molecule has 0 bridgehead atoms. The summed E-state index contributed by atoms with van der Waals surface area (Å²) in [5.74, 6) is 0.528. The maximum atomic E-state index is 14.1. The minimum Gasteiger partial charge on any atom is -0.319 e. The average molecular weight is 327 g/mol. The third-order valence-corrected chi connectivity index (χ3v) is 4.21. The van der Waals surface area contributed by atoms with Crippen LogP contribution in [0.25, 0.3) is 22.4 Å². The highest BCUT2D eigenvalue weighted by Gasteiger charge is 2.14. The Morgan fingerprint density at radius 2 is 1.64 bits per heavy atom. The summed E-state index contributed by atoms with van der Waals surface area (Å²) < 4.78 is 16.2. The summed E-state index contributed by atoms with van der Waals surface area (Å²) in [6.45, 7) is 0.391. The lowest BCUT2D eigenvalue weighted by atomic mass is 10.1. The molecule has 0 fully saturated rings. The molecule has 1 aromatic heterocycles. The average Bonchev–Trinajstić information content (AvgIpc) is 3.02. The van der Waals surface area contributed by atoms with Crippen molar-refractivity contribution in [3.8, 4) is 17.5 Å². The molecule has 25 heavy (non-hydrogen) atoms. The second kappa shape index (κ2) is 6.21. The fraction of sp³-hybridized carbons (Fsp3) is 0.0476. The first-order valence-electron chi connectivity index (χ1n) is 7.95. The molecule has 1 heterocycles. The summed E-state index contributed by atoms with van der Waals surface area (Å²) in [5.41, 5.74) is 3.91. The standard InChI is InChI=1S/C21H14FN3/c22-18-6-2-1-5-17(18)14-25-20-8-4-3-7-19(20)24-21(25)16-11-9-15(13-23)10-12-16/h1-12H,14H2. The Balaban J connectivity index is 1.89. The Bertz CT molecular complexity index is 1090. The van der Waals surface area contributed by atoms with Crippen LogP contribution in [0.5, 0.6) is 0 Å². The minimum atomic E-state index is -0.231. The van der Waals surface area contributed by atoms with Crippen molar-refractivity contribution in [2.45, 2.75) is 6.54 Å². The van der Waals surface area contributed by atoms with Gasteiger partial charge < -0.3 is 4.57 Å². The van der Waals surface area contributed by atoms with Crippen LogP contribution in [-0.4, -0.2) is 9.55 Å². The van der Waals surface area contributed by atoms with Crippen molar-refractivity contribution in [1.29, 1.82) is 5.26 Å². The first-order chi connectivity index (χ1) is 12.3. The van der Waals surface area contributed by atoms with Crippen LogP contribution in [0.1, 0.15) is 11.1 Å². The van der Waals surface area contributed by atoms with Gasteiger partial charge in [0, 0.05) is 11.1 Å². The van der Waals surface area contributed by atoms with Gasteiger partial charge in [0.15, 0.2) is 0 Å². The predicted octanol–water partition coefficient (Wildman–Crippen LogP) is 4.76. The molecule has 0 amide bonds. The van der Waals surface area contributed by atoms with Gasteiger partial charge >= 0.3 is 0 Å². The van der Waals surface area contributed by atoms with Crippen LogP contribution in [0.2, 0.25) is 0 Å². The molecule has 0 spiro atoms. The lowest BCUT2D eigenvalue weighted by molar-refractivity contribution is 0.602. The van der Waals surface area contributed by atoms with E-state index in [9.17, 15) is 4.39 Å². The Morgan fingerprint density at radius 3 is 2.40 bits per heavy atom. The highest BCUT2D eigenvalue weighted by atomic mass is 19.1. The van der Waals surface area contributed by atoms with Gasteiger partial charge in [-0.1, -0.05) is 30.3 Å². The molecule has 0 unspecified atom stereocenters. The molecule has 0 saturated carbocycles. The molecule has 0 N–H and O–H groups in total. The largest absolute Gasteiger partial charge is 0.319 e. The van der Waals surface area contributed by atoms with Gasteiger partial charge in [0.2, 0.25) is 0 Å². The van der Waals surface area contributed by atoms with E-state index in [4.69, 9.17) is 10.2 Å². The number of rotatable bonds is 3. The molecule has 120 valence electrons. The van der Waals surface area contributed by atoms with Gasteiger partial charge in [0.25, 0.3) is 0 Å². The third kappa shape index (κ3) is 2.77. The number of nitriles is 1. The molecule has 4 heteroatoms. The highest BCUT2D eigenvalue weighted by Crippen LogP contribution is 2.26. The van der Waals surface area contributed by atoms with E-state index in [0.717, 1.165) is 22.4 Å². The lowest BCUT2D eigenvalue weighted by Gasteiger charge is -2.10. The molecule has 4 aromatic rings. The maximum Gasteiger partial charge on any atom is 0.141 e. The Hall–Kier alpha value is -3.45. The van der Waals surface area contributed by atoms with E-state index in [0.29, 0.717) is 17.7 Å². The van der Waals surface area contributed by atoms with Crippen LogP contribution in [0, 0.1) is 17.1 Å². The highest BCUT2D eigenvalue weighted by molar-refractivity contribution is 5.80. The summed E-state index contributed by atoms with van der Waals surface area (Å²) >= 11 is 0. The van der Waals surface area contributed by atoms with Gasteiger partial charge in [0.1, 0.15) is 11.6 Å². The summed E-state index contributed by atoms with van der Waals surface area (Å²) in [7, 11) is 0. The minimum absolute atomic E-state index is 0.231. The number of fused-ring (bicyclic) bond motifs is 1. The fourth-order valence-electron chi connectivity index (χ4n) is 2.95. The van der Waals surface area contributed by atoms with E-state index in [1.54, 1.807) is 24.3 Å². The Labute approximate surface area is 144 Å². The molecule has 0 aliphatic carbocycles. The third-order valence-electron chi connectivity index (χ3n) is 4.21. The van der Waals surface area contributed by atoms with Gasteiger partial charge in [-0.05, 0) is 42.5 Å². The number of imidazole rings is 1. The van der Waals surface area contributed by atoms with Crippen molar-refractivity contribution >= 4 is 11.0 Å². The monoisotopic (exact) mass is 327 g/mol. The van der Waals surface area contributed by atoms with Gasteiger partial charge in [-0.25, -0.2) is 9.37 Å². The fourth-order valence-corrected chi connectivity index (χ4v) is 2.95. The van der Waals surface area contributed by atoms with Crippen molar-refractivity contribution in [3.05, 3.63) is 89.7 Å². The lowest BCUT2D eigenvalue weighted by Crippen LogP contribution is -2.04. The van der Waals surface area contributed by atoms with Crippen molar-refractivity contribution < 1.29 is 4.39 Å². The summed E-state index contributed by atoms with van der Waals surface area (Å²) in [6.07, 6.45) is 0. The van der Waals surface area contributed by atoms with Crippen LogP contribution in [0.4, 0.5) is 4.39 Å². The molecule has 4 rings (SSSR count). The van der Waals surface area contributed by atoms with E-state index >= 15 is 0 Å². The van der Waals surface area contributed by atoms with Gasteiger partial charge in [-0.2, -0.15) is 5.26 Å². The zero-order valence-corrected chi connectivity index (χ0v) is 13.4. The number of halogens is 1. The molecular weight excluding hydrogens is 313 g/mol. The van der Waals surface area contributed by atoms with E-state index < -0.39 is 0 Å². The quantitative estimate of drug-likeness (QED) is 0.544. The zero-order valence-electron chi connectivity index (χ0n) is 13.4. The molecule has 3 aromatic carbocycles. The first kappa shape index (κ1) is 15.1. The molecule has 0 atom stereocenters. The summed E-state index contributed by atoms with van der Waals surface area (Å²) in [6, 6.07) is 24.0. The maximum absolute atomic E-state index is 14.1. The second-order valence-corrected chi connectivity index (χ2v) is 5.79. The van der Waals surface area contributed by atoms with Gasteiger partial charge in [0.05, 0.1) is 29.2 Å². The van der Waals surface area contributed by atoms with Crippen molar-refractivity contribution in [1.82, 2.24) is 9.55 Å². The second-order valence-electron chi connectivity index (χ2n) is 5.79. The van der Waals surface area contributed by atoms with E-state index in [-0.39, 0.29) is 5.82 Å². The Kier molecular flexibility index (Phi) is 3.75. The normalized spacial score (nSPS) is 10.7. The van der Waals surface area contributed by atoms with Crippen LogP contribution in [0.3, 0.4) is 0 Å². The topological polar surface area (TPSA) is 41.6 Å². The molecule has 0 saturated heterocycles. The predicted molar refractivity (Wildman–Crippen MR) is 95.4 cm³/mol. The summed E-state index contributed by atoms with van der Waals surface area (Å²) in [4.78, 5) is 4.72. The molecular formula is C21H14FN3. The van der Waals surface area contributed by atoms with Crippen LogP contribution >= 0.6 is 0 Å². The number of hydrogen-bond acceptors (Lipinski definition) is 2. The summed E-state index contributed by atoms with van der Waals surface area (Å²) in [5, 5.41) is 8.98. The van der Waals surface area contributed by atoms with Crippen molar-refractivity contribution in [2.24, 2.45) is 0 Å². The number of hydrogen-bond donors (Lipinski definition) is 0. The van der Waals surface area contributed by atoms with Crippen LogP contribution < -0.4 is 0 Å². The SMILES string of the molecule is N#Cc1ccc(-c2nc3ccccc3n2Cc2ccccc2F)cc1. The number of benzene rings is 3. The van der Waals surface area contributed by atoms with E-state index in [1.807, 2.05) is 47.0 Å². The van der Waals surface area contributed by atoms with E-state index in [1.165, 1.54) is 6.07 Å². The van der Waals surface area contributed by atoms with E-state index in [2.05, 4.69) is 6.07 Å². The van der Waals surface area contributed by atoms with Gasteiger partial charge in [-0.3, -0.25) is 0 Å². The van der Waals surface area contributed by atoms with Crippen LogP contribution in [-0.2, 0) is 6.54 Å². The van der Waals surface area contributed by atoms with Crippen LogP contribution in [0.15, 0.2) is 72.8 Å². The number of nitrogens with zero attached hydrogens (tertiary/aromatic N) is 3. The molecule has 0 aliphatic rings. The van der Waals surface area contributed by atoms with Crippen molar-refractivity contribution in [2.75, 3.05) is 0 Å².